The van der Waals surface area contributed by atoms with Crippen LogP contribution in [-0.4, -0.2) is 18.2 Å². The molecule has 0 spiro atoms. The monoisotopic (exact) mass is 318 g/mol. The second-order valence-corrected chi connectivity index (χ2v) is 7.23. The number of esters is 1. The molecular formula is C20H30O3. The molecule has 1 aromatic rings. The molecule has 1 aliphatic carbocycles. The molecular weight excluding hydrogens is 288 g/mol. The van der Waals surface area contributed by atoms with E-state index in [2.05, 4.69) is 19.1 Å². The number of ether oxygens (including phenoxy) is 2. The fourth-order valence-electron chi connectivity index (χ4n) is 2.83. The Labute approximate surface area is 140 Å². The van der Waals surface area contributed by atoms with Gasteiger partial charge in [-0.25, -0.2) is 0 Å². The van der Waals surface area contributed by atoms with Gasteiger partial charge in [-0.3, -0.25) is 4.79 Å². The number of carbonyl (C=O) groups is 1. The molecule has 3 nitrogen and oxygen atoms in total. The maximum absolute atomic E-state index is 12.2. The van der Waals surface area contributed by atoms with Crippen molar-refractivity contribution in [2.75, 3.05) is 0 Å². The van der Waals surface area contributed by atoms with Gasteiger partial charge in [-0.05, 0) is 58.4 Å². The first-order valence-corrected chi connectivity index (χ1v) is 8.84. The standard InChI is InChI=1S/C20H30O3/c1-5-20(3,4)19(21)23-18-13-11-17(12-14-18)22-15(2)16-9-7-6-8-10-16/h6-10,15,17-18H,5,11-14H2,1-4H3. The second kappa shape index (κ2) is 7.96. The predicted octanol–water partition coefficient (Wildman–Crippen LogP) is 5.05. The lowest BCUT2D eigenvalue weighted by Crippen LogP contribution is -2.33. The zero-order chi connectivity index (χ0) is 16.9. The molecule has 23 heavy (non-hydrogen) atoms. The first-order chi connectivity index (χ1) is 10.9. The van der Waals surface area contributed by atoms with Crippen LogP contribution in [0.1, 0.15) is 71.5 Å². The van der Waals surface area contributed by atoms with E-state index >= 15 is 0 Å². The van der Waals surface area contributed by atoms with Gasteiger partial charge in [0.1, 0.15) is 6.10 Å². The molecule has 0 aliphatic heterocycles. The maximum Gasteiger partial charge on any atom is 0.311 e. The largest absolute Gasteiger partial charge is 0.462 e. The van der Waals surface area contributed by atoms with Crippen molar-refractivity contribution < 1.29 is 14.3 Å². The fraction of sp³-hybridized carbons (Fsp3) is 0.650. The van der Waals surface area contributed by atoms with E-state index in [0.29, 0.717) is 0 Å². The molecule has 128 valence electrons. The SMILES string of the molecule is CCC(C)(C)C(=O)OC1CCC(OC(C)c2ccccc2)CC1. The molecule has 0 N–H and O–H groups in total. The number of benzene rings is 1. The molecule has 1 aromatic carbocycles. The van der Waals surface area contributed by atoms with E-state index in [1.54, 1.807) is 0 Å². The average Bonchev–Trinajstić information content (AvgIpc) is 2.57. The van der Waals surface area contributed by atoms with Crippen LogP contribution in [0.2, 0.25) is 0 Å². The maximum atomic E-state index is 12.2. The molecule has 1 aliphatic rings. The summed E-state index contributed by atoms with van der Waals surface area (Å²) < 4.78 is 11.9. The van der Waals surface area contributed by atoms with E-state index in [9.17, 15) is 4.79 Å². The summed E-state index contributed by atoms with van der Waals surface area (Å²) in [6.07, 6.45) is 4.95. The lowest BCUT2D eigenvalue weighted by molar-refractivity contribution is -0.163. The number of rotatable bonds is 6. The Kier molecular flexibility index (Phi) is 6.23. The van der Waals surface area contributed by atoms with Gasteiger partial charge < -0.3 is 9.47 Å². The zero-order valence-corrected chi connectivity index (χ0v) is 14.9. The molecule has 0 radical (unpaired) electrons. The van der Waals surface area contributed by atoms with Crippen LogP contribution in [-0.2, 0) is 14.3 Å². The topological polar surface area (TPSA) is 35.5 Å². The Bertz CT molecular complexity index is 487. The van der Waals surface area contributed by atoms with Crippen molar-refractivity contribution >= 4 is 5.97 Å². The Morgan fingerprint density at radius 3 is 2.26 bits per heavy atom. The second-order valence-electron chi connectivity index (χ2n) is 7.23. The lowest BCUT2D eigenvalue weighted by Gasteiger charge is -2.32. The quantitative estimate of drug-likeness (QED) is 0.688. The van der Waals surface area contributed by atoms with Crippen LogP contribution in [0.3, 0.4) is 0 Å². The highest BCUT2D eigenvalue weighted by molar-refractivity contribution is 5.75. The third-order valence-corrected chi connectivity index (χ3v) is 5.00. The van der Waals surface area contributed by atoms with E-state index in [4.69, 9.17) is 9.47 Å². The van der Waals surface area contributed by atoms with Crippen molar-refractivity contribution in [3.05, 3.63) is 35.9 Å². The number of hydrogen-bond donors (Lipinski definition) is 0. The van der Waals surface area contributed by atoms with Crippen LogP contribution in [0.5, 0.6) is 0 Å². The predicted molar refractivity (Wildman–Crippen MR) is 92.2 cm³/mol. The first-order valence-electron chi connectivity index (χ1n) is 8.84. The molecule has 0 saturated heterocycles. The van der Waals surface area contributed by atoms with Crippen LogP contribution in [0.15, 0.2) is 30.3 Å². The Hall–Kier alpha value is -1.35. The molecule has 0 aromatic heterocycles. The molecule has 0 amide bonds. The summed E-state index contributed by atoms with van der Waals surface area (Å²) in [4.78, 5) is 12.2. The van der Waals surface area contributed by atoms with Crippen LogP contribution < -0.4 is 0 Å². The summed E-state index contributed by atoms with van der Waals surface area (Å²) >= 11 is 0. The van der Waals surface area contributed by atoms with Crippen LogP contribution in [0, 0.1) is 5.41 Å². The van der Waals surface area contributed by atoms with Gasteiger partial charge in [-0.15, -0.1) is 0 Å². The summed E-state index contributed by atoms with van der Waals surface area (Å²) in [7, 11) is 0. The average molecular weight is 318 g/mol. The van der Waals surface area contributed by atoms with E-state index in [1.807, 2.05) is 39.0 Å². The van der Waals surface area contributed by atoms with E-state index in [1.165, 1.54) is 5.56 Å². The van der Waals surface area contributed by atoms with Crippen molar-refractivity contribution in [2.24, 2.45) is 5.41 Å². The third-order valence-electron chi connectivity index (χ3n) is 5.00. The minimum atomic E-state index is -0.380. The Morgan fingerprint density at radius 1 is 1.13 bits per heavy atom. The molecule has 0 bridgehead atoms. The van der Waals surface area contributed by atoms with Gasteiger partial charge in [0.25, 0.3) is 0 Å². The highest BCUT2D eigenvalue weighted by Gasteiger charge is 2.32. The molecule has 1 atom stereocenters. The van der Waals surface area contributed by atoms with Crippen molar-refractivity contribution in [1.82, 2.24) is 0 Å². The van der Waals surface area contributed by atoms with E-state index < -0.39 is 0 Å². The van der Waals surface area contributed by atoms with Crippen LogP contribution in [0.25, 0.3) is 0 Å². The molecule has 1 fully saturated rings. The van der Waals surface area contributed by atoms with Crippen molar-refractivity contribution in [2.45, 2.75) is 78.1 Å². The van der Waals surface area contributed by atoms with Crippen LogP contribution >= 0.6 is 0 Å². The Morgan fingerprint density at radius 2 is 1.70 bits per heavy atom. The summed E-state index contributed by atoms with van der Waals surface area (Å²) in [5.41, 5.74) is 0.834. The van der Waals surface area contributed by atoms with Crippen molar-refractivity contribution in [1.29, 1.82) is 0 Å². The zero-order valence-electron chi connectivity index (χ0n) is 14.9. The smallest absolute Gasteiger partial charge is 0.311 e. The van der Waals surface area contributed by atoms with Crippen LogP contribution in [0.4, 0.5) is 0 Å². The number of carbonyl (C=O) groups excluding carboxylic acids is 1. The van der Waals surface area contributed by atoms with Gasteiger partial charge in [0.05, 0.1) is 17.6 Å². The Balaban J connectivity index is 1.77. The minimum absolute atomic E-state index is 0.0557. The van der Waals surface area contributed by atoms with E-state index in [-0.39, 0.29) is 29.7 Å². The summed E-state index contributed by atoms with van der Waals surface area (Å²) in [5, 5.41) is 0. The van der Waals surface area contributed by atoms with Gasteiger partial charge >= 0.3 is 5.97 Å². The normalized spacial score (nSPS) is 23.3. The van der Waals surface area contributed by atoms with Gasteiger partial charge in [0, 0.05) is 0 Å². The fourth-order valence-corrected chi connectivity index (χ4v) is 2.83. The van der Waals surface area contributed by atoms with Gasteiger partial charge in [0.2, 0.25) is 0 Å². The molecule has 1 unspecified atom stereocenters. The first kappa shape index (κ1) is 18.0. The summed E-state index contributed by atoms with van der Waals surface area (Å²) in [5.74, 6) is -0.0676. The van der Waals surface area contributed by atoms with Crippen molar-refractivity contribution in [3.8, 4) is 0 Å². The third kappa shape index (κ3) is 5.07. The van der Waals surface area contributed by atoms with Gasteiger partial charge in [0.15, 0.2) is 0 Å². The minimum Gasteiger partial charge on any atom is -0.462 e. The van der Waals surface area contributed by atoms with Gasteiger partial charge in [-0.2, -0.15) is 0 Å². The number of hydrogen-bond acceptors (Lipinski definition) is 3. The molecule has 1 saturated carbocycles. The van der Waals surface area contributed by atoms with E-state index in [0.717, 1.165) is 32.1 Å². The highest BCUT2D eigenvalue weighted by atomic mass is 16.5. The molecule has 2 rings (SSSR count). The van der Waals surface area contributed by atoms with Gasteiger partial charge in [-0.1, -0.05) is 37.3 Å². The lowest BCUT2D eigenvalue weighted by atomic mass is 9.90. The summed E-state index contributed by atoms with van der Waals surface area (Å²) in [6.45, 7) is 8.03. The molecule has 3 heteroatoms. The highest BCUT2D eigenvalue weighted by Crippen LogP contribution is 2.30. The molecule has 0 heterocycles. The van der Waals surface area contributed by atoms with Crippen molar-refractivity contribution in [3.63, 3.8) is 0 Å². The summed E-state index contributed by atoms with van der Waals surface area (Å²) in [6, 6.07) is 10.3.